The SMILES string of the molecule is Nc1ccc(OCCCC(F)(F)F)c(C(F)(F)F)c1. The summed E-state index contributed by atoms with van der Waals surface area (Å²) in [6.45, 7) is -0.452. The maximum absolute atomic E-state index is 12.6. The van der Waals surface area contributed by atoms with E-state index in [1.165, 1.54) is 6.07 Å². The van der Waals surface area contributed by atoms with Crippen LogP contribution in [0.2, 0.25) is 0 Å². The van der Waals surface area contributed by atoms with Gasteiger partial charge < -0.3 is 10.5 Å². The van der Waals surface area contributed by atoms with Crippen LogP contribution >= 0.6 is 0 Å². The average Bonchev–Trinajstić information content (AvgIpc) is 2.23. The van der Waals surface area contributed by atoms with Crippen LogP contribution in [0.25, 0.3) is 0 Å². The predicted octanol–water partition coefficient (Wildman–Crippen LogP) is 4.01. The van der Waals surface area contributed by atoms with E-state index in [1.54, 1.807) is 0 Å². The van der Waals surface area contributed by atoms with E-state index in [9.17, 15) is 26.3 Å². The molecule has 1 aromatic rings. The molecule has 0 fully saturated rings. The van der Waals surface area contributed by atoms with Gasteiger partial charge in [-0.25, -0.2) is 0 Å². The van der Waals surface area contributed by atoms with Crippen LogP contribution in [0.4, 0.5) is 32.0 Å². The van der Waals surface area contributed by atoms with Crippen LogP contribution in [-0.2, 0) is 6.18 Å². The molecule has 1 aromatic carbocycles. The summed E-state index contributed by atoms with van der Waals surface area (Å²) in [6, 6.07) is 2.86. The van der Waals surface area contributed by atoms with Gasteiger partial charge in [0.25, 0.3) is 0 Å². The van der Waals surface area contributed by atoms with Gasteiger partial charge in [0.15, 0.2) is 0 Å². The van der Waals surface area contributed by atoms with E-state index >= 15 is 0 Å². The minimum Gasteiger partial charge on any atom is -0.493 e. The monoisotopic (exact) mass is 287 g/mol. The minimum atomic E-state index is -4.67. The van der Waals surface area contributed by atoms with Crippen molar-refractivity contribution in [1.29, 1.82) is 0 Å². The van der Waals surface area contributed by atoms with E-state index < -0.39 is 43.1 Å². The molecule has 0 aliphatic heterocycles. The summed E-state index contributed by atoms with van der Waals surface area (Å²) < 4.78 is 78.1. The Labute approximate surface area is 105 Å². The molecule has 0 saturated heterocycles. The first-order valence-electron chi connectivity index (χ1n) is 5.26. The fourth-order valence-electron chi connectivity index (χ4n) is 1.35. The molecule has 0 radical (unpaired) electrons. The Morgan fingerprint density at radius 2 is 1.68 bits per heavy atom. The molecule has 0 saturated carbocycles. The Morgan fingerprint density at radius 3 is 2.21 bits per heavy atom. The lowest BCUT2D eigenvalue weighted by Gasteiger charge is -2.14. The van der Waals surface area contributed by atoms with E-state index in [0.29, 0.717) is 6.07 Å². The van der Waals surface area contributed by atoms with Gasteiger partial charge in [0.2, 0.25) is 0 Å². The largest absolute Gasteiger partial charge is 0.493 e. The zero-order valence-electron chi connectivity index (χ0n) is 9.61. The van der Waals surface area contributed by atoms with E-state index in [0.717, 1.165) is 6.07 Å². The molecule has 0 amide bonds. The molecule has 1 rings (SSSR count). The van der Waals surface area contributed by atoms with Crippen LogP contribution in [0, 0.1) is 0 Å². The van der Waals surface area contributed by atoms with Crippen molar-refractivity contribution in [3.05, 3.63) is 23.8 Å². The molecular weight excluding hydrogens is 276 g/mol. The summed E-state index contributed by atoms with van der Waals surface area (Å²) in [4.78, 5) is 0. The number of hydrogen-bond donors (Lipinski definition) is 1. The first-order chi connectivity index (χ1) is 8.59. The molecule has 0 atom stereocenters. The Bertz CT molecular complexity index is 426. The molecule has 0 spiro atoms. The molecule has 19 heavy (non-hydrogen) atoms. The van der Waals surface area contributed by atoms with Crippen molar-refractivity contribution >= 4 is 5.69 Å². The molecule has 0 bridgehead atoms. The Morgan fingerprint density at radius 1 is 1.05 bits per heavy atom. The number of ether oxygens (including phenoxy) is 1. The number of alkyl halides is 6. The minimum absolute atomic E-state index is 0.102. The summed E-state index contributed by atoms with van der Waals surface area (Å²) in [5, 5.41) is 0. The van der Waals surface area contributed by atoms with Crippen LogP contribution in [0.3, 0.4) is 0 Å². The number of rotatable bonds is 4. The summed E-state index contributed by atoms with van der Waals surface area (Å²) in [5.74, 6) is -0.524. The number of halogens is 6. The average molecular weight is 287 g/mol. The maximum Gasteiger partial charge on any atom is 0.420 e. The van der Waals surface area contributed by atoms with Gasteiger partial charge in [-0.2, -0.15) is 26.3 Å². The van der Waals surface area contributed by atoms with E-state index in [4.69, 9.17) is 10.5 Å². The van der Waals surface area contributed by atoms with Crippen LogP contribution < -0.4 is 10.5 Å². The van der Waals surface area contributed by atoms with Gasteiger partial charge in [-0.15, -0.1) is 0 Å². The van der Waals surface area contributed by atoms with Crippen molar-refractivity contribution in [2.45, 2.75) is 25.2 Å². The molecule has 0 aromatic heterocycles. The quantitative estimate of drug-likeness (QED) is 0.516. The number of benzene rings is 1. The van der Waals surface area contributed by atoms with Crippen LogP contribution in [0.1, 0.15) is 18.4 Å². The highest BCUT2D eigenvalue weighted by Crippen LogP contribution is 2.37. The number of anilines is 1. The van der Waals surface area contributed by atoms with E-state index in [-0.39, 0.29) is 5.69 Å². The Balaban J connectivity index is 2.68. The van der Waals surface area contributed by atoms with Crippen LogP contribution in [-0.4, -0.2) is 12.8 Å². The summed E-state index contributed by atoms with van der Waals surface area (Å²) in [5.41, 5.74) is 4.03. The zero-order chi connectivity index (χ0) is 14.7. The highest BCUT2D eigenvalue weighted by atomic mass is 19.4. The van der Waals surface area contributed by atoms with Gasteiger partial charge in [0.1, 0.15) is 5.75 Å². The lowest BCUT2D eigenvalue weighted by Crippen LogP contribution is -2.12. The van der Waals surface area contributed by atoms with Gasteiger partial charge in [0, 0.05) is 12.1 Å². The van der Waals surface area contributed by atoms with Crippen molar-refractivity contribution in [3.63, 3.8) is 0 Å². The zero-order valence-corrected chi connectivity index (χ0v) is 9.61. The maximum atomic E-state index is 12.6. The fraction of sp³-hybridized carbons (Fsp3) is 0.455. The predicted molar refractivity (Wildman–Crippen MR) is 56.6 cm³/mol. The van der Waals surface area contributed by atoms with Gasteiger partial charge in [0.05, 0.1) is 12.2 Å². The van der Waals surface area contributed by atoms with Crippen molar-refractivity contribution in [3.8, 4) is 5.75 Å². The molecule has 0 aliphatic rings. The van der Waals surface area contributed by atoms with Crippen LogP contribution in [0.15, 0.2) is 18.2 Å². The second-order valence-corrected chi connectivity index (χ2v) is 3.82. The third kappa shape index (κ3) is 5.27. The fourth-order valence-corrected chi connectivity index (χ4v) is 1.35. The lowest BCUT2D eigenvalue weighted by molar-refractivity contribution is -0.141. The summed E-state index contributed by atoms with van der Waals surface area (Å²) in [6.07, 6.45) is -10.5. The Kier molecular flexibility index (Phi) is 4.54. The first kappa shape index (κ1) is 15.5. The molecule has 108 valence electrons. The third-order valence-corrected chi connectivity index (χ3v) is 2.17. The first-order valence-corrected chi connectivity index (χ1v) is 5.26. The molecule has 2 N–H and O–H groups in total. The lowest BCUT2D eigenvalue weighted by atomic mass is 10.1. The second-order valence-electron chi connectivity index (χ2n) is 3.82. The second kappa shape index (κ2) is 5.58. The molecular formula is C11H11F6NO. The molecule has 0 heterocycles. The van der Waals surface area contributed by atoms with Crippen LogP contribution in [0.5, 0.6) is 5.75 Å². The van der Waals surface area contributed by atoms with E-state index in [1.807, 2.05) is 0 Å². The van der Waals surface area contributed by atoms with Gasteiger partial charge >= 0.3 is 12.4 Å². The van der Waals surface area contributed by atoms with Crippen molar-refractivity contribution in [2.75, 3.05) is 12.3 Å². The van der Waals surface area contributed by atoms with Crippen molar-refractivity contribution in [2.24, 2.45) is 0 Å². The smallest absolute Gasteiger partial charge is 0.420 e. The molecule has 2 nitrogen and oxygen atoms in total. The van der Waals surface area contributed by atoms with Gasteiger partial charge in [-0.05, 0) is 24.6 Å². The number of hydrogen-bond acceptors (Lipinski definition) is 2. The third-order valence-electron chi connectivity index (χ3n) is 2.17. The molecule has 0 unspecified atom stereocenters. The molecule has 0 aliphatic carbocycles. The standard InChI is InChI=1S/C11H11F6NO/c12-10(13,14)4-1-5-19-9-3-2-7(18)6-8(9)11(15,16)17/h2-3,6H,1,4-5,18H2. The van der Waals surface area contributed by atoms with Gasteiger partial charge in [-0.3, -0.25) is 0 Å². The number of nitrogens with two attached hydrogens (primary N) is 1. The molecule has 8 heteroatoms. The summed E-state index contributed by atoms with van der Waals surface area (Å²) in [7, 11) is 0. The summed E-state index contributed by atoms with van der Waals surface area (Å²) >= 11 is 0. The highest BCUT2D eigenvalue weighted by molar-refractivity contribution is 5.49. The Hall–Kier alpha value is -1.60. The number of nitrogen functional groups attached to an aromatic ring is 1. The van der Waals surface area contributed by atoms with Crippen molar-refractivity contribution in [1.82, 2.24) is 0 Å². The van der Waals surface area contributed by atoms with Crippen molar-refractivity contribution < 1.29 is 31.1 Å². The normalized spacial score (nSPS) is 12.5. The highest BCUT2D eigenvalue weighted by Gasteiger charge is 2.34. The van der Waals surface area contributed by atoms with E-state index in [2.05, 4.69) is 0 Å². The van der Waals surface area contributed by atoms with Gasteiger partial charge in [-0.1, -0.05) is 0 Å². The topological polar surface area (TPSA) is 35.2 Å².